The highest BCUT2D eigenvalue weighted by molar-refractivity contribution is 6.30. The van der Waals surface area contributed by atoms with E-state index in [-0.39, 0.29) is 5.56 Å². The molecule has 0 bridgehead atoms. The number of nitrogens with zero attached hydrogens (tertiary/aromatic N) is 3. The third kappa shape index (κ3) is 2.70. The zero-order valence-electron chi connectivity index (χ0n) is 12.6. The lowest BCUT2D eigenvalue weighted by molar-refractivity contribution is 0.819. The maximum absolute atomic E-state index is 12.5. The van der Waals surface area contributed by atoms with Gasteiger partial charge in [0.1, 0.15) is 5.82 Å². The van der Waals surface area contributed by atoms with E-state index in [0.29, 0.717) is 28.6 Å². The van der Waals surface area contributed by atoms with Crippen molar-refractivity contribution in [3.63, 3.8) is 0 Å². The monoisotopic (exact) mass is 336 g/mol. The highest BCUT2D eigenvalue weighted by atomic mass is 35.5. The molecule has 6 heteroatoms. The molecule has 0 radical (unpaired) electrons. The minimum atomic E-state index is -0.203. The van der Waals surface area contributed by atoms with Crippen LogP contribution in [-0.2, 0) is 6.54 Å². The van der Waals surface area contributed by atoms with Crippen LogP contribution in [0.1, 0.15) is 5.56 Å². The normalized spacial score (nSPS) is 11.0. The molecule has 118 valence electrons. The second-order valence-corrected chi connectivity index (χ2v) is 5.89. The minimum absolute atomic E-state index is 0.203. The van der Waals surface area contributed by atoms with E-state index in [0.717, 1.165) is 11.1 Å². The molecular weight excluding hydrogens is 324 g/mol. The molecule has 0 saturated carbocycles. The van der Waals surface area contributed by atoms with E-state index < -0.39 is 0 Å². The molecule has 0 amide bonds. The summed E-state index contributed by atoms with van der Waals surface area (Å²) in [6, 6.07) is 17.0. The predicted molar refractivity (Wildman–Crippen MR) is 94.1 cm³/mol. The van der Waals surface area contributed by atoms with Crippen LogP contribution in [0.4, 0.5) is 0 Å². The van der Waals surface area contributed by atoms with Crippen LogP contribution in [0.5, 0.6) is 0 Å². The van der Waals surface area contributed by atoms with Crippen LogP contribution >= 0.6 is 11.6 Å². The summed E-state index contributed by atoms with van der Waals surface area (Å²) in [6.45, 7) is 0.531. The molecule has 4 aromatic rings. The van der Waals surface area contributed by atoms with Crippen molar-refractivity contribution in [1.29, 1.82) is 0 Å². The zero-order valence-corrected chi connectivity index (χ0v) is 13.4. The fourth-order valence-corrected chi connectivity index (χ4v) is 2.75. The first-order chi connectivity index (χ1) is 11.7. The van der Waals surface area contributed by atoms with E-state index in [1.807, 2.05) is 54.6 Å². The number of imidazole rings is 1. The summed E-state index contributed by atoms with van der Waals surface area (Å²) in [5.74, 6) is 0.518. The molecule has 2 heterocycles. The number of rotatable bonds is 3. The number of aromatic nitrogens is 4. The first-order valence-corrected chi connectivity index (χ1v) is 7.83. The second kappa shape index (κ2) is 5.94. The quantitative estimate of drug-likeness (QED) is 0.623. The van der Waals surface area contributed by atoms with Gasteiger partial charge in [-0.25, -0.2) is 9.97 Å². The van der Waals surface area contributed by atoms with E-state index in [9.17, 15) is 4.79 Å². The van der Waals surface area contributed by atoms with Gasteiger partial charge in [-0.2, -0.15) is 0 Å². The lowest BCUT2D eigenvalue weighted by Gasteiger charge is -2.05. The number of aromatic amines is 1. The first-order valence-electron chi connectivity index (χ1n) is 7.46. The number of fused-ring (bicyclic) bond motifs is 1. The van der Waals surface area contributed by atoms with Gasteiger partial charge in [-0.3, -0.25) is 4.79 Å². The first kappa shape index (κ1) is 14.7. The summed E-state index contributed by atoms with van der Waals surface area (Å²) in [5.41, 5.74) is 2.58. The largest absolute Gasteiger partial charge is 0.320 e. The molecule has 0 fully saturated rings. The van der Waals surface area contributed by atoms with Crippen molar-refractivity contribution >= 4 is 22.8 Å². The van der Waals surface area contributed by atoms with Crippen LogP contribution < -0.4 is 5.56 Å². The standard InChI is InChI=1S/C18H13ClN4O/c19-14-8-6-12(7-9-14)10-23-11-20-17-15(23)18(24)22-16(21-17)13-4-2-1-3-5-13/h1-9,11H,10H2,(H,21,22,24). The van der Waals surface area contributed by atoms with Gasteiger partial charge in [0.25, 0.3) is 5.56 Å². The number of hydrogen-bond acceptors (Lipinski definition) is 3. The Labute approximate surface area is 142 Å². The molecule has 0 aliphatic rings. The van der Waals surface area contributed by atoms with Gasteiger partial charge in [-0.15, -0.1) is 0 Å². The van der Waals surface area contributed by atoms with Gasteiger partial charge < -0.3 is 9.55 Å². The Kier molecular flexibility index (Phi) is 3.63. The Morgan fingerprint density at radius 3 is 2.54 bits per heavy atom. The highest BCUT2D eigenvalue weighted by Crippen LogP contribution is 2.16. The second-order valence-electron chi connectivity index (χ2n) is 5.45. The van der Waals surface area contributed by atoms with Crippen LogP contribution in [-0.4, -0.2) is 19.5 Å². The summed E-state index contributed by atoms with van der Waals surface area (Å²) >= 11 is 5.91. The van der Waals surface area contributed by atoms with Crippen molar-refractivity contribution in [1.82, 2.24) is 19.5 Å². The molecule has 0 aliphatic heterocycles. The van der Waals surface area contributed by atoms with E-state index in [4.69, 9.17) is 11.6 Å². The van der Waals surface area contributed by atoms with Crippen molar-refractivity contribution in [2.75, 3.05) is 0 Å². The molecule has 4 rings (SSSR count). The Balaban J connectivity index is 1.77. The van der Waals surface area contributed by atoms with Gasteiger partial charge in [0, 0.05) is 17.1 Å². The fourth-order valence-electron chi connectivity index (χ4n) is 2.63. The van der Waals surface area contributed by atoms with E-state index >= 15 is 0 Å². The number of benzene rings is 2. The van der Waals surface area contributed by atoms with E-state index in [1.165, 1.54) is 0 Å². The minimum Gasteiger partial charge on any atom is -0.320 e. The summed E-state index contributed by atoms with van der Waals surface area (Å²) in [7, 11) is 0. The molecule has 2 aromatic carbocycles. The Morgan fingerprint density at radius 1 is 1.04 bits per heavy atom. The van der Waals surface area contributed by atoms with Crippen LogP contribution in [0, 0.1) is 0 Å². The average Bonchev–Trinajstić information content (AvgIpc) is 3.01. The lowest BCUT2D eigenvalue weighted by atomic mass is 10.2. The molecule has 0 unspecified atom stereocenters. The fraction of sp³-hybridized carbons (Fsp3) is 0.0556. The number of halogens is 1. The molecule has 0 atom stereocenters. The van der Waals surface area contributed by atoms with Crippen LogP contribution in [0.15, 0.2) is 65.7 Å². The third-order valence-electron chi connectivity index (χ3n) is 3.80. The topological polar surface area (TPSA) is 63.6 Å². The number of hydrogen-bond donors (Lipinski definition) is 1. The van der Waals surface area contributed by atoms with E-state index in [2.05, 4.69) is 15.0 Å². The van der Waals surface area contributed by atoms with Crippen molar-refractivity contribution in [3.05, 3.63) is 81.9 Å². The molecule has 0 saturated heterocycles. The van der Waals surface area contributed by atoms with Crippen molar-refractivity contribution < 1.29 is 0 Å². The van der Waals surface area contributed by atoms with Crippen molar-refractivity contribution in [3.8, 4) is 11.4 Å². The molecule has 1 N–H and O–H groups in total. The lowest BCUT2D eigenvalue weighted by Crippen LogP contribution is -2.13. The number of H-pyrrole nitrogens is 1. The van der Waals surface area contributed by atoms with Crippen LogP contribution in [0.2, 0.25) is 5.02 Å². The zero-order chi connectivity index (χ0) is 16.5. The highest BCUT2D eigenvalue weighted by Gasteiger charge is 2.11. The molecule has 2 aromatic heterocycles. The molecule has 24 heavy (non-hydrogen) atoms. The molecule has 5 nitrogen and oxygen atoms in total. The smallest absolute Gasteiger partial charge is 0.277 e. The summed E-state index contributed by atoms with van der Waals surface area (Å²) in [6.07, 6.45) is 1.64. The Morgan fingerprint density at radius 2 is 1.79 bits per heavy atom. The van der Waals surface area contributed by atoms with Gasteiger partial charge in [0.2, 0.25) is 0 Å². The molecule has 0 aliphatic carbocycles. The van der Waals surface area contributed by atoms with Crippen LogP contribution in [0.25, 0.3) is 22.6 Å². The van der Waals surface area contributed by atoms with Crippen molar-refractivity contribution in [2.24, 2.45) is 0 Å². The Hall–Kier alpha value is -2.92. The van der Waals surface area contributed by atoms with Gasteiger partial charge in [0.15, 0.2) is 11.2 Å². The van der Waals surface area contributed by atoms with Gasteiger partial charge in [-0.05, 0) is 17.7 Å². The maximum atomic E-state index is 12.5. The van der Waals surface area contributed by atoms with Crippen molar-refractivity contribution in [2.45, 2.75) is 6.54 Å². The van der Waals surface area contributed by atoms with Gasteiger partial charge in [0.05, 0.1) is 6.33 Å². The summed E-state index contributed by atoms with van der Waals surface area (Å²) < 4.78 is 1.79. The average molecular weight is 337 g/mol. The van der Waals surface area contributed by atoms with Gasteiger partial charge in [-0.1, -0.05) is 54.1 Å². The predicted octanol–water partition coefficient (Wildman–Crippen LogP) is 3.49. The van der Waals surface area contributed by atoms with Crippen LogP contribution in [0.3, 0.4) is 0 Å². The van der Waals surface area contributed by atoms with E-state index in [1.54, 1.807) is 10.9 Å². The number of nitrogens with one attached hydrogen (secondary N) is 1. The van der Waals surface area contributed by atoms with Gasteiger partial charge >= 0.3 is 0 Å². The molecule has 0 spiro atoms. The molecular formula is C18H13ClN4O. The maximum Gasteiger partial charge on any atom is 0.277 e. The SMILES string of the molecule is O=c1[nH]c(-c2ccccc2)nc2ncn(Cc3ccc(Cl)cc3)c12. The summed E-state index contributed by atoms with van der Waals surface area (Å²) in [4.78, 5) is 24.1. The Bertz CT molecular complexity index is 1050. The third-order valence-corrected chi connectivity index (χ3v) is 4.05. The summed E-state index contributed by atoms with van der Waals surface area (Å²) in [5, 5.41) is 0.682.